The number of hydrogen-bond donors (Lipinski definition) is 1. The van der Waals surface area contributed by atoms with Crippen molar-refractivity contribution < 1.29 is 13.6 Å². The van der Waals surface area contributed by atoms with E-state index >= 15 is 0 Å². The van der Waals surface area contributed by atoms with Gasteiger partial charge in [-0.25, -0.2) is 9.82 Å². The highest BCUT2D eigenvalue weighted by molar-refractivity contribution is 6.33. The van der Waals surface area contributed by atoms with E-state index in [4.69, 9.17) is 16.0 Å². The maximum Gasteiger partial charge on any atom is 0.271 e. The Hall–Kier alpha value is -2.92. The van der Waals surface area contributed by atoms with Crippen LogP contribution in [0.25, 0.3) is 11.3 Å². The highest BCUT2D eigenvalue weighted by atomic mass is 35.5. The molecule has 1 N–H and O–H groups in total. The molecule has 0 bridgehead atoms. The number of furan rings is 1. The molecule has 0 aliphatic heterocycles. The monoisotopic (exact) mass is 342 g/mol. The summed E-state index contributed by atoms with van der Waals surface area (Å²) in [6.07, 6.45) is 1.38. The molecule has 6 heteroatoms. The van der Waals surface area contributed by atoms with Crippen molar-refractivity contribution in [2.24, 2.45) is 5.10 Å². The van der Waals surface area contributed by atoms with Gasteiger partial charge in [-0.3, -0.25) is 4.79 Å². The first-order chi connectivity index (χ1) is 11.6. The summed E-state index contributed by atoms with van der Waals surface area (Å²) in [5.74, 6) is 0.220. The van der Waals surface area contributed by atoms with Crippen molar-refractivity contribution in [1.82, 2.24) is 5.43 Å². The minimum atomic E-state index is -0.441. The normalized spacial score (nSPS) is 10.9. The lowest BCUT2D eigenvalue weighted by atomic mass is 10.2. The van der Waals surface area contributed by atoms with Crippen LogP contribution >= 0.6 is 11.6 Å². The van der Waals surface area contributed by atoms with Crippen LogP contribution in [0.4, 0.5) is 4.39 Å². The van der Waals surface area contributed by atoms with Crippen LogP contribution in [-0.4, -0.2) is 12.1 Å². The van der Waals surface area contributed by atoms with E-state index in [1.54, 1.807) is 18.2 Å². The van der Waals surface area contributed by atoms with E-state index in [0.717, 1.165) is 5.56 Å². The van der Waals surface area contributed by atoms with Crippen molar-refractivity contribution in [2.45, 2.75) is 0 Å². The first-order valence-corrected chi connectivity index (χ1v) is 7.45. The van der Waals surface area contributed by atoms with Gasteiger partial charge >= 0.3 is 0 Å². The summed E-state index contributed by atoms with van der Waals surface area (Å²) in [7, 11) is 0. The zero-order valence-electron chi connectivity index (χ0n) is 12.4. The van der Waals surface area contributed by atoms with Gasteiger partial charge in [-0.05, 0) is 48.5 Å². The third-order valence-corrected chi connectivity index (χ3v) is 3.56. The third-order valence-electron chi connectivity index (χ3n) is 3.23. The Kier molecular flexibility index (Phi) is 4.72. The number of hydrogen-bond acceptors (Lipinski definition) is 3. The van der Waals surface area contributed by atoms with Gasteiger partial charge < -0.3 is 4.42 Å². The van der Waals surface area contributed by atoms with Crippen LogP contribution in [-0.2, 0) is 0 Å². The van der Waals surface area contributed by atoms with Crippen molar-refractivity contribution >= 4 is 23.7 Å². The maximum atomic E-state index is 12.8. The molecule has 0 aliphatic rings. The Labute approximate surface area is 142 Å². The van der Waals surface area contributed by atoms with Crippen molar-refractivity contribution in [2.75, 3.05) is 0 Å². The van der Waals surface area contributed by atoms with Crippen molar-refractivity contribution in [3.63, 3.8) is 0 Å². The lowest BCUT2D eigenvalue weighted by Gasteiger charge is -1.99. The molecule has 0 saturated heterocycles. The lowest BCUT2D eigenvalue weighted by molar-refractivity contribution is 0.0955. The van der Waals surface area contributed by atoms with E-state index in [-0.39, 0.29) is 0 Å². The largest absolute Gasteiger partial charge is 0.455 e. The second kappa shape index (κ2) is 7.10. The molecule has 3 aromatic rings. The zero-order chi connectivity index (χ0) is 16.9. The van der Waals surface area contributed by atoms with E-state index in [0.29, 0.717) is 22.1 Å². The molecule has 0 saturated carbocycles. The van der Waals surface area contributed by atoms with E-state index in [1.807, 2.05) is 18.2 Å². The van der Waals surface area contributed by atoms with E-state index < -0.39 is 11.7 Å². The molecule has 0 aliphatic carbocycles. The van der Waals surface area contributed by atoms with Gasteiger partial charge in [0.25, 0.3) is 5.91 Å². The quantitative estimate of drug-likeness (QED) is 0.560. The smallest absolute Gasteiger partial charge is 0.271 e. The molecular formula is C18H12ClFN2O2. The Morgan fingerprint density at radius 2 is 1.83 bits per heavy atom. The first kappa shape index (κ1) is 16.0. The molecule has 4 nitrogen and oxygen atoms in total. The number of nitrogens with zero attached hydrogens (tertiary/aromatic N) is 1. The molecule has 1 amide bonds. The number of hydrazone groups is 1. The van der Waals surface area contributed by atoms with Gasteiger partial charge in [0, 0.05) is 11.1 Å². The summed E-state index contributed by atoms with van der Waals surface area (Å²) in [5, 5.41) is 4.41. The summed E-state index contributed by atoms with van der Waals surface area (Å²) >= 11 is 6.12. The molecule has 24 heavy (non-hydrogen) atoms. The number of benzene rings is 2. The van der Waals surface area contributed by atoms with Gasteiger partial charge in [-0.2, -0.15) is 5.10 Å². The van der Waals surface area contributed by atoms with Gasteiger partial charge in [0.15, 0.2) is 0 Å². The number of halogens is 2. The van der Waals surface area contributed by atoms with Crippen LogP contribution in [0, 0.1) is 5.82 Å². The number of amides is 1. The number of rotatable bonds is 4. The fraction of sp³-hybridized carbons (Fsp3) is 0. The third kappa shape index (κ3) is 3.70. The van der Waals surface area contributed by atoms with Crippen LogP contribution in [0.1, 0.15) is 16.1 Å². The molecule has 1 aromatic heterocycles. The van der Waals surface area contributed by atoms with Crippen LogP contribution < -0.4 is 5.43 Å². The molecule has 1 heterocycles. The Morgan fingerprint density at radius 1 is 1.08 bits per heavy atom. The molecular weight excluding hydrogens is 331 g/mol. The van der Waals surface area contributed by atoms with Crippen LogP contribution in [0.15, 0.2) is 70.2 Å². The highest BCUT2D eigenvalue weighted by Crippen LogP contribution is 2.28. The highest BCUT2D eigenvalue weighted by Gasteiger charge is 2.07. The minimum absolute atomic E-state index is 0.310. The fourth-order valence-electron chi connectivity index (χ4n) is 2.05. The average Bonchev–Trinajstić information content (AvgIpc) is 3.04. The second-order valence-electron chi connectivity index (χ2n) is 4.89. The second-order valence-corrected chi connectivity index (χ2v) is 5.30. The summed E-state index contributed by atoms with van der Waals surface area (Å²) in [6, 6.07) is 16.0. The molecule has 0 unspecified atom stereocenters. The fourth-order valence-corrected chi connectivity index (χ4v) is 2.28. The Morgan fingerprint density at radius 3 is 2.58 bits per heavy atom. The van der Waals surface area contributed by atoms with Crippen LogP contribution in [0.2, 0.25) is 5.02 Å². The molecule has 0 radical (unpaired) electrons. The SMILES string of the molecule is O=C(NN=Cc1ccc(-c2ccccc2Cl)o1)c1ccc(F)cc1. The molecule has 0 fully saturated rings. The van der Waals surface area contributed by atoms with E-state index in [1.165, 1.54) is 30.5 Å². The predicted octanol–water partition coefficient (Wildman–Crippen LogP) is 4.50. The molecule has 3 rings (SSSR count). The molecule has 120 valence electrons. The summed E-state index contributed by atoms with van der Waals surface area (Å²) in [6.45, 7) is 0. The topological polar surface area (TPSA) is 54.6 Å². The van der Waals surface area contributed by atoms with Crippen molar-refractivity contribution in [3.05, 3.63) is 82.8 Å². The maximum absolute atomic E-state index is 12.8. The Bertz CT molecular complexity index is 888. The van der Waals surface area contributed by atoms with Crippen molar-refractivity contribution in [1.29, 1.82) is 0 Å². The summed E-state index contributed by atoms with van der Waals surface area (Å²) < 4.78 is 18.4. The average molecular weight is 343 g/mol. The summed E-state index contributed by atoms with van der Waals surface area (Å²) in [5.41, 5.74) is 3.43. The number of carbonyl (C=O) groups is 1. The van der Waals surface area contributed by atoms with E-state index in [9.17, 15) is 9.18 Å². The zero-order valence-corrected chi connectivity index (χ0v) is 13.1. The lowest BCUT2D eigenvalue weighted by Crippen LogP contribution is -2.17. The number of nitrogens with one attached hydrogen (secondary N) is 1. The van der Waals surface area contributed by atoms with Crippen LogP contribution in [0.5, 0.6) is 0 Å². The van der Waals surface area contributed by atoms with E-state index in [2.05, 4.69) is 10.5 Å². The van der Waals surface area contributed by atoms with Gasteiger partial charge in [-0.15, -0.1) is 0 Å². The minimum Gasteiger partial charge on any atom is -0.455 e. The first-order valence-electron chi connectivity index (χ1n) is 7.07. The van der Waals surface area contributed by atoms with Gasteiger partial charge in [0.2, 0.25) is 0 Å². The predicted molar refractivity (Wildman–Crippen MR) is 90.6 cm³/mol. The molecule has 0 spiro atoms. The molecule has 2 aromatic carbocycles. The molecule has 0 atom stereocenters. The standard InChI is InChI=1S/C18H12ClFN2O2/c19-16-4-2-1-3-15(16)17-10-9-14(24-17)11-21-22-18(23)12-5-7-13(20)8-6-12/h1-11H,(H,22,23). The van der Waals surface area contributed by atoms with Gasteiger partial charge in [0.05, 0.1) is 11.2 Å². The van der Waals surface area contributed by atoms with Gasteiger partial charge in [0.1, 0.15) is 17.3 Å². The number of carbonyl (C=O) groups excluding carboxylic acids is 1. The summed E-state index contributed by atoms with van der Waals surface area (Å²) in [4.78, 5) is 11.8. The van der Waals surface area contributed by atoms with Gasteiger partial charge in [-0.1, -0.05) is 23.7 Å². The Balaban J connectivity index is 1.66. The van der Waals surface area contributed by atoms with Crippen molar-refractivity contribution in [3.8, 4) is 11.3 Å². The van der Waals surface area contributed by atoms with Crippen LogP contribution in [0.3, 0.4) is 0 Å².